The fourth-order valence-electron chi connectivity index (χ4n) is 1.79. The SMILES string of the molecule is Cc1ccccc1SCc1ncc(CC(C)N)cn1. The highest BCUT2D eigenvalue weighted by molar-refractivity contribution is 7.98. The summed E-state index contributed by atoms with van der Waals surface area (Å²) >= 11 is 1.77. The molecule has 0 saturated heterocycles. The summed E-state index contributed by atoms with van der Waals surface area (Å²) in [4.78, 5) is 10.1. The van der Waals surface area contributed by atoms with E-state index in [1.807, 2.05) is 19.3 Å². The third kappa shape index (κ3) is 4.33. The van der Waals surface area contributed by atoms with Gasteiger partial charge in [-0.15, -0.1) is 11.8 Å². The molecular formula is C15H19N3S. The second-order valence-corrected chi connectivity index (χ2v) is 5.76. The van der Waals surface area contributed by atoms with E-state index in [0.717, 1.165) is 23.6 Å². The van der Waals surface area contributed by atoms with Crippen LogP contribution in [0.25, 0.3) is 0 Å². The molecule has 0 fully saturated rings. The summed E-state index contributed by atoms with van der Waals surface area (Å²) < 4.78 is 0. The van der Waals surface area contributed by atoms with Crippen LogP contribution in [0.3, 0.4) is 0 Å². The standard InChI is InChI=1S/C15H19N3S/c1-11-5-3-4-6-14(11)19-10-15-17-8-13(9-18-15)7-12(2)16/h3-6,8-9,12H,7,10,16H2,1-2H3. The third-order valence-electron chi connectivity index (χ3n) is 2.77. The van der Waals surface area contributed by atoms with Crippen molar-refractivity contribution in [3.05, 3.63) is 53.6 Å². The van der Waals surface area contributed by atoms with E-state index in [2.05, 4.69) is 41.2 Å². The van der Waals surface area contributed by atoms with Gasteiger partial charge in [-0.3, -0.25) is 0 Å². The molecule has 1 aromatic heterocycles. The minimum absolute atomic E-state index is 0.149. The summed E-state index contributed by atoms with van der Waals surface area (Å²) in [6.07, 6.45) is 4.58. The van der Waals surface area contributed by atoms with E-state index in [0.29, 0.717) is 0 Å². The van der Waals surface area contributed by atoms with Crippen LogP contribution in [0.4, 0.5) is 0 Å². The molecule has 100 valence electrons. The summed E-state index contributed by atoms with van der Waals surface area (Å²) in [7, 11) is 0. The van der Waals surface area contributed by atoms with E-state index in [1.54, 1.807) is 11.8 Å². The largest absolute Gasteiger partial charge is 0.328 e. The molecule has 0 spiro atoms. The highest BCUT2D eigenvalue weighted by atomic mass is 32.2. The van der Waals surface area contributed by atoms with Crippen LogP contribution in [0.1, 0.15) is 23.9 Å². The first-order valence-electron chi connectivity index (χ1n) is 6.39. The quantitative estimate of drug-likeness (QED) is 0.851. The van der Waals surface area contributed by atoms with Gasteiger partial charge >= 0.3 is 0 Å². The summed E-state index contributed by atoms with van der Waals surface area (Å²) in [5.74, 6) is 1.66. The molecular weight excluding hydrogens is 254 g/mol. The van der Waals surface area contributed by atoms with Crippen LogP contribution in [0.15, 0.2) is 41.6 Å². The average Bonchev–Trinajstić information content (AvgIpc) is 2.39. The van der Waals surface area contributed by atoms with Crippen molar-refractivity contribution in [1.82, 2.24) is 9.97 Å². The van der Waals surface area contributed by atoms with Crippen molar-refractivity contribution in [2.75, 3.05) is 0 Å². The molecule has 0 amide bonds. The Balaban J connectivity index is 1.95. The van der Waals surface area contributed by atoms with Gasteiger partial charge in [-0.25, -0.2) is 9.97 Å². The number of hydrogen-bond acceptors (Lipinski definition) is 4. The number of aromatic nitrogens is 2. The van der Waals surface area contributed by atoms with Crippen molar-refractivity contribution in [2.45, 2.75) is 37.0 Å². The Labute approximate surface area is 118 Å². The lowest BCUT2D eigenvalue weighted by Crippen LogP contribution is -2.18. The van der Waals surface area contributed by atoms with Gasteiger partial charge in [0, 0.05) is 23.3 Å². The summed E-state index contributed by atoms with van der Waals surface area (Å²) in [6.45, 7) is 4.11. The van der Waals surface area contributed by atoms with Crippen LogP contribution in [0.5, 0.6) is 0 Å². The van der Waals surface area contributed by atoms with Gasteiger partial charge in [-0.05, 0) is 37.5 Å². The maximum Gasteiger partial charge on any atom is 0.138 e. The van der Waals surface area contributed by atoms with Crippen molar-refractivity contribution in [1.29, 1.82) is 0 Å². The first kappa shape index (κ1) is 14.0. The van der Waals surface area contributed by atoms with Crippen LogP contribution in [0.2, 0.25) is 0 Å². The van der Waals surface area contributed by atoms with Gasteiger partial charge in [0.2, 0.25) is 0 Å². The molecule has 1 unspecified atom stereocenters. The van der Waals surface area contributed by atoms with E-state index < -0.39 is 0 Å². The Bertz CT molecular complexity index is 523. The number of rotatable bonds is 5. The molecule has 3 nitrogen and oxygen atoms in total. The van der Waals surface area contributed by atoms with Gasteiger partial charge in [0.1, 0.15) is 5.82 Å². The Kier molecular flexibility index (Phi) is 4.93. The maximum atomic E-state index is 5.75. The van der Waals surface area contributed by atoms with Crippen LogP contribution in [0, 0.1) is 6.92 Å². The average molecular weight is 273 g/mol. The second kappa shape index (κ2) is 6.68. The monoisotopic (exact) mass is 273 g/mol. The Morgan fingerprint density at radius 3 is 2.53 bits per heavy atom. The summed E-state index contributed by atoms with van der Waals surface area (Å²) in [5.41, 5.74) is 8.14. The van der Waals surface area contributed by atoms with E-state index in [4.69, 9.17) is 5.73 Å². The highest BCUT2D eigenvalue weighted by Crippen LogP contribution is 2.24. The molecule has 0 aliphatic rings. The molecule has 1 atom stereocenters. The zero-order valence-electron chi connectivity index (χ0n) is 11.3. The summed E-state index contributed by atoms with van der Waals surface area (Å²) in [6, 6.07) is 8.51. The summed E-state index contributed by atoms with van der Waals surface area (Å²) in [5, 5.41) is 0. The van der Waals surface area contributed by atoms with Gasteiger partial charge in [-0.1, -0.05) is 18.2 Å². The van der Waals surface area contributed by atoms with Gasteiger partial charge in [0.05, 0.1) is 5.75 Å². The number of benzene rings is 1. The Hall–Kier alpha value is -1.39. The molecule has 2 N–H and O–H groups in total. The fraction of sp³-hybridized carbons (Fsp3) is 0.333. The number of nitrogens with zero attached hydrogens (tertiary/aromatic N) is 2. The van der Waals surface area contributed by atoms with E-state index in [1.165, 1.54) is 10.5 Å². The smallest absolute Gasteiger partial charge is 0.138 e. The van der Waals surface area contributed by atoms with Gasteiger partial charge in [-0.2, -0.15) is 0 Å². The van der Waals surface area contributed by atoms with Crippen LogP contribution in [-0.2, 0) is 12.2 Å². The first-order valence-corrected chi connectivity index (χ1v) is 7.37. The second-order valence-electron chi connectivity index (χ2n) is 4.74. The minimum atomic E-state index is 0.149. The first-order chi connectivity index (χ1) is 9.15. The normalized spacial score (nSPS) is 12.4. The number of thioether (sulfide) groups is 1. The molecule has 1 heterocycles. The molecule has 1 aromatic carbocycles. The Morgan fingerprint density at radius 2 is 1.89 bits per heavy atom. The van der Waals surface area contributed by atoms with Crippen molar-refractivity contribution < 1.29 is 0 Å². The van der Waals surface area contributed by atoms with Gasteiger partial charge in [0.15, 0.2) is 0 Å². The van der Waals surface area contributed by atoms with Gasteiger partial charge < -0.3 is 5.73 Å². The topological polar surface area (TPSA) is 51.8 Å². The maximum absolute atomic E-state index is 5.75. The zero-order valence-corrected chi connectivity index (χ0v) is 12.2. The van der Waals surface area contributed by atoms with Crippen molar-refractivity contribution in [2.24, 2.45) is 5.73 Å². The molecule has 0 aliphatic carbocycles. The highest BCUT2D eigenvalue weighted by Gasteiger charge is 2.03. The van der Waals surface area contributed by atoms with Gasteiger partial charge in [0.25, 0.3) is 0 Å². The number of aryl methyl sites for hydroxylation is 1. The van der Waals surface area contributed by atoms with Crippen molar-refractivity contribution >= 4 is 11.8 Å². The minimum Gasteiger partial charge on any atom is -0.328 e. The molecule has 4 heteroatoms. The Morgan fingerprint density at radius 1 is 1.21 bits per heavy atom. The lowest BCUT2D eigenvalue weighted by atomic mass is 10.1. The molecule has 0 radical (unpaired) electrons. The zero-order chi connectivity index (χ0) is 13.7. The molecule has 0 saturated carbocycles. The molecule has 0 bridgehead atoms. The molecule has 2 rings (SSSR count). The van der Waals surface area contributed by atoms with Crippen LogP contribution >= 0.6 is 11.8 Å². The van der Waals surface area contributed by atoms with E-state index >= 15 is 0 Å². The lowest BCUT2D eigenvalue weighted by Gasteiger charge is -2.06. The van der Waals surface area contributed by atoms with E-state index in [-0.39, 0.29) is 6.04 Å². The molecule has 0 aliphatic heterocycles. The van der Waals surface area contributed by atoms with Crippen LogP contribution in [-0.4, -0.2) is 16.0 Å². The van der Waals surface area contributed by atoms with Crippen LogP contribution < -0.4 is 5.73 Å². The predicted molar refractivity (Wildman–Crippen MR) is 80.1 cm³/mol. The van der Waals surface area contributed by atoms with Crippen molar-refractivity contribution in [3.8, 4) is 0 Å². The lowest BCUT2D eigenvalue weighted by molar-refractivity contribution is 0.730. The molecule has 2 aromatic rings. The molecule has 19 heavy (non-hydrogen) atoms. The van der Waals surface area contributed by atoms with Crippen molar-refractivity contribution in [3.63, 3.8) is 0 Å². The van der Waals surface area contributed by atoms with E-state index in [9.17, 15) is 0 Å². The number of nitrogens with two attached hydrogens (primary N) is 1. The predicted octanol–water partition coefficient (Wildman–Crippen LogP) is 2.97. The third-order valence-corrected chi connectivity index (χ3v) is 3.94. The fourth-order valence-corrected chi connectivity index (χ4v) is 2.70. The number of hydrogen-bond donors (Lipinski definition) is 1.